The highest BCUT2D eigenvalue weighted by molar-refractivity contribution is 7.80. The summed E-state index contributed by atoms with van der Waals surface area (Å²) >= 11 is -2.71. The first-order chi connectivity index (χ1) is 16.6. The van der Waals surface area contributed by atoms with Crippen LogP contribution >= 0.6 is 0 Å². The van der Waals surface area contributed by atoms with E-state index in [1.807, 2.05) is 0 Å². The number of alkyl halides is 3. The highest BCUT2D eigenvalue weighted by Crippen LogP contribution is 2.41. The first-order valence-electron chi connectivity index (χ1n) is 10.6. The van der Waals surface area contributed by atoms with E-state index >= 15 is 0 Å². The molecule has 0 saturated heterocycles. The van der Waals surface area contributed by atoms with Crippen molar-refractivity contribution in [1.29, 1.82) is 0 Å². The van der Waals surface area contributed by atoms with Gasteiger partial charge in [-0.25, -0.2) is 9.78 Å². The van der Waals surface area contributed by atoms with Crippen LogP contribution in [0.25, 0.3) is 11.1 Å². The average Bonchev–Trinajstić information content (AvgIpc) is 2.83. The van der Waals surface area contributed by atoms with Gasteiger partial charge in [-0.05, 0) is 66.3 Å². The highest BCUT2D eigenvalue weighted by atomic mass is 32.2. The van der Waals surface area contributed by atoms with Crippen LogP contribution in [0.5, 0.6) is 5.75 Å². The van der Waals surface area contributed by atoms with Gasteiger partial charge in [-0.1, -0.05) is 24.3 Å². The molecule has 184 valence electrons. The maximum atomic E-state index is 13.1. The van der Waals surface area contributed by atoms with Crippen LogP contribution in [0.1, 0.15) is 35.6 Å². The lowest BCUT2D eigenvalue weighted by Gasteiger charge is -2.37. The second kappa shape index (κ2) is 10.0. The summed E-state index contributed by atoms with van der Waals surface area (Å²) in [7, 11) is 0. The van der Waals surface area contributed by atoms with Crippen LogP contribution in [-0.4, -0.2) is 31.4 Å². The molecule has 1 aliphatic carbocycles. The predicted octanol–water partition coefficient (Wildman–Crippen LogP) is 4.91. The Labute approximate surface area is 201 Å². The van der Waals surface area contributed by atoms with Crippen LogP contribution in [-0.2, 0) is 28.7 Å². The maximum absolute atomic E-state index is 13.1. The minimum absolute atomic E-state index is 0.115. The topological polar surface area (TPSA) is 103 Å². The molecule has 7 nitrogen and oxygen atoms in total. The summed E-state index contributed by atoms with van der Waals surface area (Å²) in [5.74, 6) is -0.620. The predicted molar refractivity (Wildman–Crippen MR) is 121 cm³/mol. The van der Waals surface area contributed by atoms with Crippen LogP contribution in [0, 0.1) is 0 Å². The number of aliphatic carboxylic acids is 1. The Bertz CT molecular complexity index is 1250. The van der Waals surface area contributed by atoms with Crippen LogP contribution in [0.3, 0.4) is 0 Å². The number of hydrogen-bond donors (Lipinski definition) is 1. The van der Waals surface area contributed by atoms with Crippen molar-refractivity contribution in [2.45, 2.75) is 31.5 Å². The third-order valence-corrected chi connectivity index (χ3v) is 6.49. The second-order valence-electron chi connectivity index (χ2n) is 7.94. The molecule has 2 unspecified atom stereocenters. The van der Waals surface area contributed by atoms with Gasteiger partial charge in [0.15, 0.2) is 6.61 Å². The first kappa shape index (κ1) is 24.7. The summed E-state index contributed by atoms with van der Waals surface area (Å²) in [6, 6.07) is 12.3. The molecule has 1 aromatic heterocycles. The van der Waals surface area contributed by atoms with Gasteiger partial charge in [0.1, 0.15) is 11.6 Å². The van der Waals surface area contributed by atoms with Gasteiger partial charge in [0.2, 0.25) is 0 Å². The van der Waals surface area contributed by atoms with Crippen molar-refractivity contribution in [2.75, 3.05) is 10.9 Å². The largest absolute Gasteiger partial charge is 0.755 e. The molecule has 1 heterocycles. The van der Waals surface area contributed by atoms with Crippen molar-refractivity contribution in [1.82, 2.24) is 4.98 Å². The number of pyridine rings is 1. The Balaban J connectivity index is 1.66. The number of hydrogen-bond acceptors (Lipinski definition) is 5. The van der Waals surface area contributed by atoms with Crippen LogP contribution < -0.4 is 9.04 Å². The summed E-state index contributed by atoms with van der Waals surface area (Å²) in [5, 5.41) is 8.92. The summed E-state index contributed by atoms with van der Waals surface area (Å²) in [4.78, 5) is 15.1. The zero-order chi connectivity index (χ0) is 25.2. The summed E-state index contributed by atoms with van der Waals surface area (Å²) in [5.41, 5.74) is 1.34. The molecule has 0 amide bonds. The van der Waals surface area contributed by atoms with E-state index in [1.165, 1.54) is 30.5 Å². The molecule has 1 aliphatic rings. The molecule has 2 atom stereocenters. The molecule has 3 aromatic rings. The van der Waals surface area contributed by atoms with E-state index in [2.05, 4.69) is 4.98 Å². The Hall–Kier alpha value is -3.44. The van der Waals surface area contributed by atoms with Crippen molar-refractivity contribution in [3.8, 4) is 16.9 Å². The molecule has 11 heteroatoms. The van der Waals surface area contributed by atoms with E-state index in [0.29, 0.717) is 41.7 Å². The number of carbonyl (C=O) groups is 1. The van der Waals surface area contributed by atoms with Gasteiger partial charge in [-0.3, -0.25) is 8.51 Å². The Kier molecular flexibility index (Phi) is 7.08. The van der Waals surface area contributed by atoms with E-state index in [0.717, 1.165) is 22.0 Å². The van der Waals surface area contributed by atoms with E-state index < -0.39 is 41.6 Å². The highest BCUT2D eigenvalue weighted by Gasteiger charge is 2.31. The summed E-state index contributed by atoms with van der Waals surface area (Å²) in [6.45, 7) is -0.517. The van der Waals surface area contributed by atoms with Gasteiger partial charge < -0.3 is 14.4 Å². The lowest BCUT2D eigenvalue weighted by Crippen LogP contribution is -2.33. The van der Waals surface area contributed by atoms with Crippen molar-refractivity contribution >= 4 is 23.1 Å². The quantitative estimate of drug-likeness (QED) is 0.458. The first-order valence-corrected chi connectivity index (χ1v) is 11.7. The van der Waals surface area contributed by atoms with Crippen molar-refractivity contribution in [3.05, 3.63) is 77.5 Å². The third-order valence-electron chi connectivity index (χ3n) is 5.72. The van der Waals surface area contributed by atoms with Crippen molar-refractivity contribution < 1.29 is 36.6 Å². The average molecular weight is 505 g/mol. The van der Waals surface area contributed by atoms with Crippen LogP contribution in [0.4, 0.5) is 19.0 Å². The Morgan fingerprint density at radius 3 is 2.60 bits per heavy atom. The molecule has 0 bridgehead atoms. The van der Waals surface area contributed by atoms with E-state index in [9.17, 15) is 26.7 Å². The van der Waals surface area contributed by atoms with E-state index in [4.69, 9.17) is 9.84 Å². The number of anilines is 1. The number of rotatable bonds is 7. The SMILES string of the molecule is O=C(O)COc1cccc2c1CCCC2N(c1ccc(-c2cccc(C(F)(F)F)c2)cn1)S(=O)[O-]. The van der Waals surface area contributed by atoms with E-state index in [1.54, 1.807) is 18.2 Å². The van der Waals surface area contributed by atoms with Gasteiger partial charge in [0.05, 0.1) is 11.6 Å². The minimum atomic E-state index is -4.49. The molecule has 0 saturated carbocycles. The monoisotopic (exact) mass is 505 g/mol. The molecular formula is C24H20F3N2O5S-. The molecular weight excluding hydrogens is 485 g/mol. The lowest BCUT2D eigenvalue weighted by atomic mass is 9.87. The molecule has 35 heavy (non-hydrogen) atoms. The van der Waals surface area contributed by atoms with Gasteiger partial charge >= 0.3 is 12.1 Å². The minimum Gasteiger partial charge on any atom is -0.755 e. The Morgan fingerprint density at radius 2 is 1.94 bits per heavy atom. The number of nitrogens with zero attached hydrogens (tertiary/aromatic N) is 2. The molecule has 0 fully saturated rings. The number of carboxylic acids is 1. The lowest BCUT2D eigenvalue weighted by molar-refractivity contribution is -0.139. The number of fused-ring (bicyclic) bond motifs is 1. The standard InChI is InChI=1S/C24H21F3N2O5S/c25-24(26,27)17-5-1-4-15(12-17)16-10-11-22(28-13-16)29(35(32)33)20-8-2-7-19-18(20)6-3-9-21(19)34-14-23(30)31/h1,3-6,9-13,20H,2,7-8,14H2,(H,30,31)(H,32,33)/p-1. The second-order valence-corrected chi connectivity index (χ2v) is 8.77. The Morgan fingerprint density at radius 1 is 1.17 bits per heavy atom. The molecule has 0 spiro atoms. The van der Waals surface area contributed by atoms with Crippen LogP contribution in [0.15, 0.2) is 60.8 Å². The fraction of sp³-hybridized carbons (Fsp3) is 0.250. The third kappa shape index (κ3) is 5.46. The fourth-order valence-electron chi connectivity index (χ4n) is 4.21. The molecule has 0 aliphatic heterocycles. The van der Waals surface area contributed by atoms with Crippen molar-refractivity contribution in [3.63, 3.8) is 0 Å². The van der Waals surface area contributed by atoms with Crippen LogP contribution in [0.2, 0.25) is 0 Å². The van der Waals surface area contributed by atoms with Gasteiger partial charge in [0, 0.05) is 23.0 Å². The fourth-order valence-corrected chi connectivity index (χ4v) is 4.90. The van der Waals surface area contributed by atoms with E-state index in [-0.39, 0.29) is 5.82 Å². The molecule has 1 N–H and O–H groups in total. The molecule has 0 radical (unpaired) electrons. The van der Waals surface area contributed by atoms with Crippen molar-refractivity contribution in [2.24, 2.45) is 0 Å². The summed E-state index contributed by atoms with van der Waals surface area (Å²) < 4.78 is 70.2. The number of aromatic nitrogens is 1. The molecule has 4 rings (SSSR count). The normalized spacial score (nSPS) is 16.3. The van der Waals surface area contributed by atoms with Gasteiger partial charge in [-0.15, -0.1) is 0 Å². The number of ether oxygens (including phenoxy) is 1. The smallest absolute Gasteiger partial charge is 0.416 e. The molecule has 2 aromatic carbocycles. The number of carboxylic acid groups (broad SMARTS) is 1. The zero-order valence-electron chi connectivity index (χ0n) is 18.2. The maximum Gasteiger partial charge on any atom is 0.416 e. The summed E-state index contributed by atoms with van der Waals surface area (Å²) in [6.07, 6.45) is -1.41. The zero-order valence-corrected chi connectivity index (χ0v) is 19.0. The van der Waals surface area contributed by atoms with Gasteiger partial charge in [0.25, 0.3) is 0 Å². The van der Waals surface area contributed by atoms with Gasteiger partial charge in [-0.2, -0.15) is 13.2 Å². The number of halogens is 3. The number of benzene rings is 2.